The van der Waals surface area contributed by atoms with Crippen molar-refractivity contribution in [2.45, 2.75) is 38.1 Å². The van der Waals surface area contributed by atoms with E-state index in [0.717, 1.165) is 12.1 Å². The van der Waals surface area contributed by atoms with Crippen molar-refractivity contribution in [3.63, 3.8) is 0 Å². The van der Waals surface area contributed by atoms with Crippen molar-refractivity contribution in [3.05, 3.63) is 35.9 Å². The fraction of sp³-hybridized carbons (Fsp3) is 0.467. The van der Waals surface area contributed by atoms with Gasteiger partial charge in [-0.1, -0.05) is 60.1 Å². The second-order valence-corrected chi connectivity index (χ2v) is 6.56. The number of Topliss-reactive ketones (excluding diaryl/α,β-unsaturated/α-hetero) is 1. The van der Waals surface area contributed by atoms with Crippen molar-refractivity contribution in [1.82, 2.24) is 0 Å². The zero-order valence-electron chi connectivity index (χ0n) is 10.8. The lowest BCUT2D eigenvalue weighted by atomic mass is 9.76. The van der Waals surface area contributed by atoms with Gasteiger partial charge in [-0.25, -0.2) is 0 Å². The maximum absolute atomic E-state index is 11.9. The highest BCUT2D eigenvalue weighted by Crippen LogP contribution is 2.34. The number of nitrogens with zero attached hydrogens (tertiary/aromatic N) is 1. The van der Waals surface area contributed by atoms with Crippen LogP contribution in [0.2, 0.25) is 0 Å². The Bertz CT molecular complexity index is 465. The van der Waals surface area contributed by atoms with Crippen LogP contribution < -0.4 is 0 Å². The predicted molar refractivity (Wildman–Crippen MR) is 78.3 cm³/mol. The molecule has 0 spiro atoms. The van der Waals surface area contributed by atoms with E-state index in [-0.39, 0.29) is 16.0 Å². The second-order valence-electron chi connectivity index (χ2n) is 5.64. The molecule has 0 saturated heterocycles. The van der Waals surface area contributed by atoms with Gasteiger partial charge >= 0.3 is 0 Å². The quantitative estimate of drug-likeness (QED) is 0.765. The number of aliphatic imine (C=N–C) groups is 1. The summed E-state index contributed by atoms with van der Waals surface area (Å²) in [5.41, 5.74) is 2.21. The molecule has 0 heterocycles. The molecule has 0 bridgehead atoms. The third-order valence-corrected chi connectivity index (χ3v) is 4.23. The maximum atomic E-state index is 11.9. The Balaban J connectivity index is 2.13. The molecule has 0 N–H and O–H groups in total. The predicted octanol–water partition coefficient (Wildman–Crippen LogP) is 3.78. The van der Waals surface area contributed by atoms with Gasteiger partial charge in [-0.15, -0.1) is 0 Å². The maximum Gasteiger partial charge on any atom is 0.152 e. The average Bonchev–Trinajstić information content (AvgIpc) is 2.33. The Kier molecular flexibility index (Phi) is 4.00. The normalized spacial score (nSPS) is 25.4. The molecule has 0 aromatic heterocycles. The first kappa shape index (κ1) is 13.5. The molecular weight excluding hydrogens is 290 g/mol. The third-order valence-electron chi connectivity index (χ3n) is 3.20. The highest BCUT2D eigenvalue weighted by atomic mass is 79.9. The molecule has 3 heteroatoms. The van der Waals surface area contributed by atoms with Gasteiger partial charge in [-0.3, -0.25) is 9.79 Å². The van der Waals surface area contributed by atoms with E-state index in [2.05, 4.69) is 46.9 Å². The number of rotatable bonds is 2. The Morgan fingerprint density at radius 2 is 1.94 bits per heavy atom. The minimum atomic E-state index is -0.186. The van der Waals surface area contributed by atoms with Crippen LogP contribution in [-0.4, -0.2) is 16.3 Å². The number of hydrogen-bond acceptors (Lipinski definition) is 2. The molecule has 0 aliphatic heterocycles. The second kappa shape index (κ2) is 5.35. The van der Waals surface area contributed by atoms with Crippen LogP contribution in [0.3, 0.4) is 0 Å². The van der Waals surface area contributed by atoms with Crippen molar-refractivity contribution in [1.29, 1.82) is 0 Å². The molecule has 1 saturated carbocycles. The zero-order chi connectivity index (χ0) is 13.2. The van der Waals surface area contributed by atoms with Crippen LogP contribution in [0.25, 0.3) is 0 Å². The summed E-state index contributed by atoms with van der Waals surface area (Å²) in [6, 6.07) is 10.1. The summed E-state index contributed by atoms with van der Waals surface area (Å²) in [5.74, 6) is 0.248. The van der Waals surface area contributed by atoms with Gasteiger partial charge in [-0.2, -0.15) is 0 Å². The third kappa shape index (κ3) is 3.29. The Hall–Kier alpha value is -0.960. The summed E-state index contributed by atoms with van der Waals surface area (Å²) in [7, 11) is 0. The van der Waals surface area contributed by atoms with Crippen molar-refractivity contribution in [2.75, 3.05) is 0 Å². The summed E-state index contributed by atoms with van der Waals surface area (Å²) in [4.78, 5) is 16.3. The van der Waals surface area contributed by atoms with Gasteiger partial charge in [0.2, 0.25) is 0 Å². The number of alkyl halides is 1. The fourth-order valence-corrected chi connectivity index (χ4v) is 2.77. The van der Waals surface area contributed by atoms with E-state index in [1.54, 1.807) is 0 Å². The van der Waals surface area contributed by atoms with Gasteiger partial charge in [-0.05, 0) is 17.4 Å². The van der Waals surface area contributed by atoms with E-state index in [4.69, 9.17) is 0 Å². The summed E-state index contributed by atoms with van der Waals surface area (Å²) < 4.78 is 0. The van der Waals surface area contributed by atoms with Crippen LogP contribution in [0, 0.1) is 5.41 Å². The van der Waals surface area contributed by atoms with E-state index >= 15 is 0 Å². The molecule has 1 aromatic rings. The number of halogens is 1. The van der Waals surface area contributed by atoms with Crippen molar-refractivity contribution < 1.29 is 4.79 Å². The Morgan fingerprint density at radius 1 is 1.28 bits per heavy atom. The monoisotopic (exact) mass is 307 g/mol. The molecule has 0 radical (unpaired) electrons. The molecule has 1 aromatic carbocycles. The number of carbonyl (C=O) groups is 1. The van der Waals surface area contributed by atoms with Gasteiger partial charge < -0.3 is 0 Å². The van der Waals surface area contributed by atoms with E-state index in [1.165, 1.54) is 5.56 Å². The van der Waals surface area contributed by atoms with Crippen molar-refractivity contribution >= 4 is 27.4 Å². The first-order valence-electron chi connectivity index (χ1n) is 6.22. The number of ketones is 1. The molecule has 1 fully saturated rings. The molecule has 96 valence electrons. The summed E-state index contributed by atoms with van der Waals surface area (Å²) >= 11 is 3.46. The van der Waals surface area contributed by atoms with Crippen LogP contribution in [0.4, 0.5) is 0 Å². The van der Waals surface area contributed by atoms with E-state index in [0.29, 0.717) is 13.0 Å². The summed E-state index contributed by atoms with van der Waals surface area (Å²) in [5, 5.41) is 0. The van der Waals surface area contributed by atoms with Crippen LogP contribution in [-0.2, 0) is 11.3 Å². The molecule has 2 nitrogen and oxygen atoms in total. The molecule has 1 unspecified atom stereocenters. The van der Waals surface area contributed by atoms with Gasteiger partial charge in [0.15, 0.2) is 5.78 Å². The van der Waals surface area contributed by atoms with Gasteiger partial charge in [0.05, 0.1) is 6.54 Å². The molecule has 1 atom stereocenters. The van der Waals surface area contributed by atoms with Gasteiger partial charge in [0.1, 0.15) is 4.83 Å². The highest BCUT2D eigenvalue weighted by molar-refractivity contribution is 9.10. The van der Waals surface area contributed by atoms with Crippen LogP contribution in [0.15, 0.2) is 35.3 Å². The van der Waals surface area contributed by atoms with Crippen LogP contribution in [0.5, 0.6) is 0 Å². The van der Waals surface area contributed by atoms with E-state index in [9.17, 15) is 4.79 Å². The molecular formula is C15H18BrNO. The van der Waals surface area contributed by atoms with Crippen molar-refractivity contribution in [2.24, 2.45) is 10.4 Å². The standard InChI is InChI=1S/C15H18BrNO/c1-15(2)8-12(14(16)13(18)9-15)17-10-11-6-4-3-5-7-11/h3-7,14H,8-10H2,1-2H3. The smallest absolute Gasteiger partial charge is 0.152 e. The topological polar surface area (TPSA) is 29.4 Å². The number of benzene rings is 1. The molecule has 1 aliphatic carbocycles. The average molecular weight is 308 g/mol. The largest absolute Gasteiger partial charge is 0.298 e. The lowest BCUT2D eigenvalue weighted by Gasteiger charge is -2.32. The number of carbonyl (C=O) groups excluding carboxylic acids is 1. The number of hydrogen-bond donors (Lipinski definition) is 0. The summed E-state index contributed by atoms with van der Waals surface area (Å²) in [6.45, 7) is 4.91. The minimum absolute atomic E-state index is 0.0386. The molecule has 0 amide bonds. The Morgan fingerprint density at radius 3 is 2.61 bits per heavy atom. The molecule has 2 rings (SSSR count). The van der Waals surface area contributed by atoms with Gasteiger partial charge in [0, 0.05) is 12.1 Å². The SMILES string of the molecule is CC1(C)CC(=O)C(Br)C(=NCc2ccccc2)C1. The lowest BCUT2D eigenvalue weighted by molar-refractivity contribution is -0.119. The van der Waals surface area contributed by atoms with Gasteiger partial charge in [0.25, 0.3) is 0 Å². The first-order valence-corrected chi connectivity index (χ1v) is 7.13. The highest BCUT2D eigenvalue weighted by Gasteiger charge is 2.36. The molecule has 1 aliphatic rings. The van der Waals surface area contributed by atoms with Crippen molar-refractivity contribution in [3.8, 4) is 0 Å². The molecule has 18 heavy (non-hydrogen) atoms. The van der Waals surface area contributed by atoms with Crippen LogP contribution >= 0.6 is 15.9 Å². The Labute approximate surface area is 117 Å². The zero-order valence-corrected chi connectivity index (χ0v) is 12.4. The van der Waals surface area contributed by atoms with E-state index < -0.39 is 0 Å². The fourth-order valence-electron chi connectivity index (χ4n) is 2.30. The van der Waals surface area contributed by atoms with Crippen LogP contribution in [0.1, 0.15) is 32.3 Å². The lowest BCUT2D eigenvalue weighted by Crippen LogP contribution is -2.38. The van der Waals surface area contributed by atoms with E-state index in [1.807, 2.05) is 18.2 Å². The minimum Gasteiger partial charge on any atom is -0.298 e. The first-order chi connectivity index (χ1) is 8.48. The summed E-state index contributed by atoms with van der Waals surface area (Å²) in [6.07, 6.45) is 1.52.